The number of rotatable bonds is 6. The molecule has 2 fully saturated rings. The van der Waals surface area contributed by atoms with Crippen molar-refractivity contribution in [1.82, 2.24) is 15.6 Å². The molecule has 0 saturated carbocycles. The van der Waals surface area contributed by atoms with E-state index in [1.165, 1.54) is 17.8 Å². The van der Waals surface area contributed by atoms with Gasteiger partial charge in [-0.3, -0.25) is 14.4 Å². The molecule has 0 aromatic rings. The van der Waals surface area contributed by atoms with E-state index in [2.05, 4.69) is 15.8 Å². The lowest BCUT2D eigenvalue weighted by Gasteiger charge is -2.29. The monoisotopic (exact) mass is 410 g/mol. The summed E-state index contributed by atoms with van der Waals surface area (Å²) in [6.07, 6.45) is 4.41. The molecule has 0 radical (unpaired) electrons. The summed E-state index contributed by atoms with van der Waals surface area (Å²) in [5.41, 5.74) is 2.18. The minimum absolute atomic E-state index is 0.143. The number of carbonyl (C=O) groups excluding carboxylic acids is 3. The van der Waals surface area contributed by atoms with Crippen LogP contribution < -0.4 is 10.7 Å². The van der Waals surface area contributed by atoms with Crippen molar-refractivity contribution in [3.05, 3.63) is 12.2 Å². The summed E-state index contributed by atoms with van der Waals surface area (Å²) in [6, 6.07) is -0.893. The molecule has 0 aliphatic carbocycles. The molecule has 0 bridgehead atoms. The highest BCUT2D eigenvalue weighted by Gasteiger charge is 2.34. The molecule has 0 spiro atoms. The second-order valence-corrected chi connectivity index (χ2v) is 9.17. The average Bonchev–Trinajstić information content (AvgIpc) is 3.07. The average molecular weight is 411 g/mol. The molecule has 8 nitrogen and oxygen atoms in total. The molecule has 2 N–H and O–H groups in total. The minimum atomic E-state index is -0.893. The zero-order valence-corrected chi connectivity index (χ0v) is 17.8. The Bertz CT molecular complexity index is 651. The highest BCUT2D eigenvalue weighted by Crippen LogP contribution is 2.20. The van der Waals surface area contributed by atoms with E-state index in [1.54, 1.807) is 6.08 Å². The molecule has 1 unspecified atom stereocenters. The maximum atomic E-state index is 12.8. The first kappa shape index (κ1) is 22.4. The number of amides is 2. The van der Waals surface area contributed by atoms with E-state index in [0.29, 0.717) is 31.2 Å². The number of amidine groups is 1. The molecule has 2 saturated heterocycles. The Hall–Kier alpha value is -1.87. The summed E-state index contributed by atoms with van der Waals surface area (Å²) < 4.78 is 5.35. The predicted molar refractivity (Wildman–Crippen MR) is 110 cm³/mol. The molecular weight excluding hydrogens is 380 g/mol. The van der Waals surface area contributed by atoms with Gasteiger partial charge in [0.05, 0.1) is 0 Å². The van der Waals surface area contributed by atoms with Gasteiger partial charge < -0.3 is 15.0 Å². The van der Waals surface area contributed by atoms with Crippen LogP contribution in [0.1, 0.15) is 33.6 Å². The van der Waals surface area contributed by atoms with Gasteiger partial charge in [0, 0.05) is 32.6 Å². The van der Waals surface area contributed by atoms with E-state index < -0.39 is 17.7 Å². The van der Waals surface area contributed by atoms with Crippen LogP contribution in [0.25, 0.3) is 0 Å². The molecule has 2 aliphatic rings. The molecule has 9 heteroatoms. The van der Waals surface area contributed by atoms with Crippen molar-refractivity contribution >= 4 is 34.5 Å². The zero-order valence-electron chi connectivity index (χ0n) is 17.0. The first-order chi connectivity index (χ1) is 13.2. The van der Waals surface area contributed by atoms with Crippen LogP contribution in [0.15, 0.2) is 17.3 Å². The summed E-state index contributed by atoms with van der Waals surface area (Å²) in [4.78, 5) is 39.4. The Kier molecular flexibility index (Phi) is 8.06. The summed E-state index contributed by atoms with van der Waals surface area (Å²) in [7, 11) is 1.87. The lowest BCUT2D eigenvalue weighted by atomic mass is 9.88. The van der Waals surface area contributed by atoms with Crippen molar-refractivity contribution < 1.29 is 19.1 Å². The van der Waals surface area contributed by atoms with E-state index in [-0.39, 0.29) is 17.2 Å². The van der Waals surface area contributed by atoms with Gasteiger partial charge in [0.2, 0.25) is 11.7 Å². The van der Waals surface area contributed by atoms with Gasteiger partial charge in [-0.05, 0) is 30.3 Å². The third-order valence-corrected chi connectivity index (χ3v) is 5.56. The fraction of sp³-hybridized carbons (Fsp3) is 0.684. The number of ether oxygens (including phenoxy) is 1. The molecule has 2 aliphatic heterocycles. The topological polar surface area (TPSA) is 100 Å². The number of hydrazone groups is 1. The molecule has 156 valence electrons. The number of ketones is 1. The number of hydrogen-bond donors (Lipinski definition) is 2. The van der Waals surface area contributed by atoms with Crippen LogP contribution in [-0.2, 0) is 19.1 Å². The largest absolute Gasteiger partial charge is 0.381 e. The van der Waals surface area contributed by atoms with Crippen LogP contribution in [0.5, 0.6) is 0 Å². The lowest BCUT2D eigenvalue weighted by Crippen LogP contribution is -2.51. The summed E-state index contributed by atoms with van der Waals surface area (Å²) in [5, 5.41) is 7.42. The Morgan fingerprint density at radius 1 is 1.29 bits per heavy atom. The molecule has 2 heterocycles. The highest BCUT2D eigenvalue weighted by atomic mass is 32.2. The van der Waals surface area contributed by atoms with Gasteiger partial charge in [0.25, 0.3) is 0 Å². The predicted octanol–water partition coefficient (Wildman–Crippen LogP) is 1.14. The SMILES string of the molecule is CN1CCS/C1=N\NC(=O)C(=O)C(NC(=O)/C=C/C(C)(C)C)C1CCOCC1. The van der Waals surface area contributed by atoms with E-state index in [0.717, 1.165) is 12.3 Å². The lowest BCUT2D eigenvalue weighted by molar-refractivity contribution is -0.141. The number of allylic oxidation sites excluding steroid dienone is 1. The van der Waals surface area contributed by atoms with Gasteiger partial charge >= 0.3 is 5.91 Å². The van der Waals surface area contributed by atoms with Crippen molar-refractivity contribution in [2.75, 3.05) is 32.6 Å². The Balaban J connectivity index is 2.06. The molecule has 0 aromatic carbocycles. The van der Waals surface area contributed by atoms with Crippen LogP contribution in [0.2, 0.25) is 0 Å². The smallest absolute Gasteiger partial charge is 0.309 e. The quantitative estimate of drug-likeness (QED) is 0.387. The van der Waals surface area contributed by atoms with Crippen molar-refractivity contribution in [3.8, 4) is 0 Å². The third kappa shape index (κ3) is 6.94. The van der Waals surface area contributed by atoms with Crippen LogP contribution in [0, 0.1) is 11.3 Å². The van der Waals surface area contributed by atoms with Crippen molar-refractivity contribution in [1.29, 1.82) is 0 Å². The Morgan fingerprint density at radius 3 is 2.54 bits per heavy atom. The van der Waals surface area contributed by atoms with Crippen molar-refractivity contribution in [2.24, 2.45) is 16.4 Å². The second kappa shape index (κ2) is 10.1. The molecule has 1 atom stereocenters. The molecular formula is C19H30N4O4S. The zero-order chi connectivity index (χ0) is 20.7. The first-order valence-corrected chi connectivity index (χ1v) is 10.5. The van der Waals surface area contributed by atoms with E-state index in [9.17, 15) is 14.4 Å². The fourth-order valence-electron chi connectivity index (χ4n) is 2.87. The van der Waals surface area contributed by atoms with Crippen molar-refractivity contribution in [2.45, 2.75) is 39.7 Å². The second-order valence-electron chi connectivity index (χ2n) is 8.10. The normalized spacial score (nSPS) is 21.1. The highest BCUT2D eigenvalue weighted by molar-refractivity contribution is 8.14. The number of nitrogens with one attached hydrogen (secondary N) is 2. The fourth-order valence-corrected chi connectivity index (χ4v) is 3.84. The van der Waals surface area contributed by atoms with E-state index in [1.807, 2.05) is 32.7 Å². The van der Waals surface area contributed by atoms with Gasteiger partial charge in [-0.1, -0.05) is 38.6 Å². The molecule has 0 aromatic heterocycles. The van der Waals surface area contributed by atoms with Gasteiger partial charge in [0.1, 0.15) is 6.04 Å². The maximum absolute atomic E-state index is 12.8. The molecule has 28 heavy (non-hydrogen) atoms. The molecule has 2 rings (SSSR count). The van der Waals surface area contributed by atoms with Gasteiger partial charge in [-0.25, -0.2) is 5.43 Å². The van der Waals surface area contributed by atoms with Crippen LogP contribution in [0.3, 0.4) is 0 Å². The van der Waals surface area contributed by atoms with Crippen LogP contribution >= 0.6 is 11.8 Å². The van der Waals surface area contributed by atoms with Crippen LogP contribution in [0.4, 0.5) is 0 Å². The number of hydrogen-bond acceptors (Lipinski definition) is 6. The Labute approximate surface area is 170 Å². The number of Topliss-reactive ketones (excluding diaryl/α,β-unsaturated/α-hetero) is 1. The molecule has 2 amide bonds. The Morgan fingerprint density at radius 2 is 1.96 bits per heavy atom. The van der Waals surface area contributed by atoms with Gasteiger partial charge in [0.15, 0.2) is 5.17 Å². The van der Waals surface area contributed by atoms with Crippen molar-refractivity contribution in [3.63, 3.8) is 0 Å². The summed E-state index contributed by atoms with van der Waals surface area (Å²) >= 11 is 1.51. The van der Waals surface area contributed by atoms with E-state index in [4.69, 9.17) is 4.74 Å². The van der Waals surface area contributed by atoms with Crippen LogP contribution in [-0.4, -0.2) is 66.3 Å². The standard InChI is InChI=1S/C19H30N4O4S/c1-19(2,3)8-5-14(24)20-15(13-6-10-27-11-7-13)16(25)17(26)21-22-18-23(4)9-12-28-18/h5,8,13,15H,6-7,9-12H2,1-4H3,(H,20,24)(H,21,26)/b8-5+,22-18-. The third-order valence-electron chi connectivity index (χ3n) is 4.51. The van der Waals surface area contributed by atoms with E-state index >= 15 is 0 Å². The first-order valence-electron chi connectivity index (χ1n) is 9.50. The number of thioether (sulfide) groups is 1. The summed E-state index contributed by atoms with van der Waals surface area (Å²) in [6.45, 7) is 7.78. The summed E-state index contributed by atoms with van der Waals surface area (Å²) in [5.74, 6) is -1.13. The number of nitrogens with zero attached hydrogens (tertiary/aromatic N) is 2. The maximum Gasteiger partial charge on any atom is 0.309 e. The van der Waals surface area contributed by atoms with Gasteiger partial charge in [-0.15, -0.1) is 5.10 Å². The van der Waals surface area contributed by atoms with Gasteiger partial charge in [-0.2, -0.15) is 0 Å². The minimum Gasteiger partial charge on any atom is -0.381 e. The number of carbonyl (C=O) groups is 3.